The van der Waals surface area contributed by atoms with Crippen LogP contribution in [-0.2, 0) is 4.79 Å². The maximum absolute atomic E-state index is 12.1. The van der Waals surface area contributed by atoms with Crippen LogP contribution in [0.15, 0.2) is 28.8 Å². The Hall–Kier alpha value is -2.80. The number of nitrogens with zero attached hydrogens (tertiary/aromatic N) is 2. The summed E-state index contributed by atoms with van der Waals surface area (Å²) in [5.74, 6) is -1.22. The lowest BCUT2D eigenvalue weighted by molar-refractivity contribution is -0.114. The summed E-state index contributed by atoms with van der Waals surface area (Å²) >= 11 is 0.917. The van der Waals surface area contributed by atoms with Crippen LogP contribution in [0.5, 0.6) is 5.88 Å². The molecule has 0 saturated heterocycles. The molecule has 116 valence electrons. The first-order chi connectivity index (χ1) is 10.9. The van der Waals surface area contributed by atoms with Gasteiger partial charge >= 0.3 is 0 Å². The highest BCUT2D eigenvalue weighted by molar-refractivity contribution is 7.10. The van der Waals surface area contributed by atoms with Crippen LogP contribution in [0.1, 0.15) is 22.2 Å². The molecular weight excluding hydrogens is 314 g/mol. The van der Waals surface area contributed by atoms with E-state index in [0.29, 0.717) is 10.9 Å². The number of nitrogens with one attached hydrogen (secondary N) is 1. The van der Waals surface area contributed by atoms with Crippen molar-refractivity contribution >= 4 is 35.3 Å². The largest absolute Gasteiger partial charge is 0.493 e. The SMILES string of the molecule is CC(=O)n1c(O)c(C=C2C=c3ccc(C)cc3=NC2=O)sc1=N. The van der Waals surface area contributed by atoms with Gasteiger partial charge in [0.2, 0.25) is 11.8 Å². The summed E-state index contributed by atoms with van der Waals surface area (Å²) in [6.45, 7) is 3.18. The average molecular weight is 327 g/mol. The number of aryl methyl sites for hydroxylation is 1. The number of carbonyl (C=O) groups excluding carboxylic acids is 2. The lowest BCUT2D eigenvalue weighted by atomic mass is 10.1. The third-order valence-corrected chi connectivity index (χ3v) is 4.31. The first-order valence-electron chi connectivity index (χ1n) is 6.80. The van der Waals surface area contributed by atoms with Crippen LogP contribution in [-0.4, -0.2) is 21.5 Å². The van der Waals surface area contributed by atoms with Gasteiger partial charge in [0.15, 0.2) is 4.80 Å². The summed E-state index contributed by atoms with van der Waals surface area (Å²) in [5.41, 5.74) is 1.31. The van der Waals surface area contributed by atoms with Crippen LogP contribution in [0, 0.1) is 12.3 Å². The fraction of sp³-hybridized carbons (Fsp3) is 0.125. The molecule has 0 spiro atoms. The molecule has 1 aliphatic rings. The topological polar surface area (TPSA) is 95.5 Å². The number of fused-ring (bicyclic) bond motifs is 1. The fourth-order valence-electron chi connectivity index (χ4n) is 2.31. The summed E-state index contributed by atoms with van der Waals surface area (Å²) in [6.07, 6.45) is 3.14. The number of carbonyl (C=O) groups is 2. The molecule has 3 rings (SSSR count). The smallest absolute Gasteiger partial charge is 0.277 e. The number of amides is 1. The molecule has 0 fully saturated rings. The summed E-state index contributed by atoms with van der Waals surface area (Å²) in [5, 5.41) is 19.2. The molecule has 0 saturated carbocycles. The van der Waals surface area contributed by atoms with Gasteiger partial charge < -0.3 is 5.11 Å². The number of benzene rings is 1. The maximum Gasteiger partial charge on any atom is 0.277 e. The van der Waals surface area contributed by atoms with Crippen molar-refractivity contribution in [1.29, 1.82) is 5.41 Å². The lowest BCUT2D eigenvalue weighted by Gasteiger charge is -2.04. The van der Waals surface area contributed by atoms with Gasteiger partial charge in [0, 0.05) is 17.7 Å². The molecule has 0 aliphatic carbocycles. The molecular formula is C16H13N3O3S. The third-order valence-electron chi connectivity index (χ3n) is 3.41. The monoisotopic (exact) mass is 327 g/mol. The van der Waals surface area contributed by atoms with E-state index >= 15 is 0 Å². The molecule has 2 heterocycles. The van der Waals surface area contributed by atoms with E-state index in [-0.39, 0.29) is 15.6 Å². The zero-order valence-corrected chi connectivity index (χ0v) is 13.3. The Morgan fingerprint density at radius 2 is 2.17 bits per heavy atom. The molecule has 1 amide bonds. The van der Waals surface area contributed by atoms with E-state index in [0.717, 1.165) is 26.7 Å². The Labute approximate surface area is 134 Å². The predicted octanol–water partition coefficient (Wildman–Crippen LogP) is 0.727. The summed E-state index contributed by atoms with van der Waals surface area (Å²) < 4.78 is 0.888. The minimum atomic E-state index is -0.460. The van der Waals surface area contributed by atoms with Gasteiger partial charge in [0.25, 0.3) is 5.91 Å². The van der Waals surface area contributed by atoms with E-state index in [9.17, 15) is 14.7 Å². The normalized spacial score (nSPS) is 15.0. The van der Waals surface area contributed by atoms with Gasteiger partial charge in [0.05, 0.1) is 10.2 Å². The van der Waals surface area contributed by atoms with Crippen molar-refractivity contribution in [2.24, 2.45) is 4.99 Å². The van der Waals surface area contributed by atoms with Crippen LogP contribution in [0.4, 0.5) is 0 Å². The Kier molecular flexibility index (Phi) is 3.57. The number of rotatable bonds is 1. The molecule has 0 unspecified atom stereocenters. The summed E-state index contributed by atoms with van der Waals surface area (Å²) in [4.78, 5) is 27.8. The number of thiazole rings is 1. The minimum Gasteiger partial charge on any atom is -0.493 e. The first-order valence-corrected chi connectivity index (χ1v) is 7.62. The van der Waals surface area contributed by atoms with Crippen molar-refractivity contribution in [3.8, 4) is 5.88 Å². The van der Waals surface area contributed by atoms with Crippen molar-refractivity contribution in [2.75, 3.05) is 0 Å². The highest BCUT2D eigenvalue weighted by Crippen LogP contribution is 2.23. The Bertz CT molecular complexity index is 1060. The van der Waals surface area contributed by atoms with Crippen molar-refractivity contribution < 1.29 is 14.7 Å². The molecule has 1 aromatic carbocycles. The molecule has 1 aromatic heterocycles. The van der Waals surface area contributed by atoms with Crippen LogP contribution in [0.25, 0.3) is 12.2 Å². The lowest BCUT2D eigenvalue weighted by Crippen LogP contribution is -2.30. The van der Waals surface area contributed by atoms with Crippen LogP contribution in [0.3, 0.4) is 0 Å². The van der Waals surface area contributed by atoms with Crippen molar-refractivity contribution in [1.82, 2.24) is 4.57 Å². The Balaban J connectivity index is 2.16. The van der Waals surface area contributed by atoms with Crippen molar-refractivity contribution in [3.05, 3.63) is 49.6 Å². The first kappa shape index (κ1) is 15.1. The summed E-state index contributed by atoms with van der Waals surface area (Å²) in [7, 11) is 0. The molecule has 0 radical (unpaired) electrons. The van der Waals surface area contributed by atoms with Gasteiger partial charge in [0.1, 0.15) is 0 Å². The molecule has 7 heteroatoms. The minimum absolute atomic E-state index is 0.0990. The average Bonchev–Trinajstić information content (AvgIpc) is 2.74. The van der Waals surface area contributed by atoms with E-state index < -0.39 is 11.8 Å². The van der Waals surface area contributed by atoms with E-state index in [1.165, 1.54) is 13.0 Å². The van der Waals surface area contributed by atoms with Gasteiger partial charge in [-0.15, -0.1) is 0 Å². The second-order valence-corrected chi connectivity index (χ2v) is 6.20. The van der Waals surface area contributed by atoms with Gasteiger partial charge in [-0.2, -0.15) is 0 Å². The number of aromatic hydroxyl groups is 1. The maximum atomic E-state index is 12.1. The van der Waals surface area contributed by atoms with Crippen molar-refractivity contribution in [2.45, 2.75) is 13.8 Å². The number of aromatic nitrogens is 1. The zero-order valence-electron chi connectivity index (χ0n) is 12.5. The molecule has 0 atom stereocenters. The fourth-order valence-corrected chi connectivity index (χ4v) is 3.19. The number of hydrogen-bond donors (Lipinski definition) is 2. The molecule has 2 aromatic rings. The predicted molar refractivity (Wildman–Crippen MR) is 85.5 cm³/mol. The van der Waals surface area contributed by atoms with E-state index in [4.69, 9.17) is 5.41 Å². The van der Waals surface area contributed by atoms with Gasteiger partial charge in [-0.3, -0.25) is 15.0 Å². The van der Waals surface area contributed by atoms with E-state index in [1.54, 1.807) is 6.08 Å². The zero-order chi connectivity index (χ0) is 16.7. The highest BCUT2D eigenvalue weighted by atomic mass is 32.1. The van der Waals surface area contributed by atoms with Crippen LogP contribution in [0.2, 0.25) is 0 Å². The molecule has 1 aliphatic heterocycles. The van der Waals surface area contributed by atoms with Gasteiger partial charge in [-0.1, -0.05) is 23.5 Å². The number of hydrogen-bond acceptors (Lipinski definition) is 5. The second-order valence-electron chi connectivity index (χ2n) is 5.17. The molecule has 6 nitrogen and oxygen atoms in total. The second kappa shape index (κ2) is 5.44. The molecule has 23 heavy (non-hydrogen) atoms. The van der Waals surface area contributed by atoms with Crippen LogP contribution >= 0.6 is 11.3 Å². The Morgan fingerprint density at radius 1 is 1.43 bits per heavy atom. The standard InChI is InChI=1S/C16H13N3O3S/c1-8-3-4-10-6-11(14(21)18-12(10)5-8)7-13-15(22)19(9(2)20)16(17)23-13/h3-7,17,22H,1-2H3. The quantitative estimate of drug-likeness (QED) is 0.756. The van der Waals surface area contributed by atoms with Gasteiger partial charge in [-0.25, -0.2) is 9.56 Å². The molecule has 2 N–H and O–H groups in total. The van der Waals surface area contributed by atoms with Crippen molar-refractivity contribution in [3.63, 3.8) is 0 Å². The third kappa shape index (κ3) is 2.66. The van der Waals surface area contributed by atoms with E-state index in [1.807, 2.05) is 25.1 Å². The summed E-state index contributed by atoms with van der Waals surface area (Å²) in [6, 6.07) is 5.62. The van der Waals surface area contributed by atoms with Gasteiger partial charge in [-0.05, 0) is 30.7 Å². The van der Waals surface area contributed by atoms with E-state index in [2.05, 4.69) is 4.99 Å². The molecule has 0 bridgehead atoms. The van der Waals surface area contributed by atoms with Crippen LogP contribution < -0.4 is 15.4 Å². The Morgan fingerprint density at radius 3 is 2.83 bits per heavy atom. The highest BCUT2D eigenvalue weighted by Gasteiger charge is 2.16.